The maximum Gasteiger partial charge on any atom is 0.227 e. The summed E-state index contributed by atoms with van der Waals surface area (Å²) in [6.45, 7) is 11.4. The number of carbonyl (C=O) groups excluding carboxylic acids is 1. The van der Waals surface area contributed by atoms with Crippen molar-refractivity contribution in [3.8, 4) is 0 Å². The molecule has 0 aliphatic rings. The SMILES string of the molecule is Cc1nn(CC(C)C)c(C)c1CC(=O)N(CCCN(C)C)Cc1ccc(Cl)c(Cl)c1. The summed E-state index contributed by atoms with van der Waals surface area (Å²) in [7, 11) is 4.09. The van der Waals surface area contributed by atoms with Crippen LogP contribution in [0.4, 0.5) is 0 Å². The quantitative estimate of drug-likeness (QED) is 0.509. The lowest BCUT2D eigenvalue weighted by molar-refractivity contribution is -0.131. The number of hydrogen-bond donors (Lipinski definition) is 0. The van der Waals surface area contributed by atoms with E-state index in [9.17, 15) is 4.79 Å². The molecule has 0 aliphatic heterocycles. The molecule has 7 heteroatoms. The lowest BCUT2D eigenvalue weighted by Gasteiger charge is -2.24. The van der Waals surface area contributed by atoms with E-state index in [0.29, 0.717) is 35.5 Å². The van der Waals surface area contributed by atoms with Crippen LogP contribution in [0.5, 0.6) is 0 Å². The Labute approximate surface area is 190 Å². The highest BCUT2D eigenvalue weighted by Gasteiger charge is 2.20. The molecule has 0 bridgehead atoms. The van der Waals surface area contributed by atoms with Gasteiger partial charge in [0.1, 0.15) is 0 Å². The minimum atomic E-state index is 0.107. The third-order valence-electron chi connectivity index (χ3n) is 5.14. The topological polar surface area (TPSA) is 41.4 Å². The molecular formula is C23H34Cl2N4O. The number of rotatable bonds is 10. The van der Waals surface area contributed by atoms with Crippen molar-refractivity contribution in [3.63, 3.8) is 0 Å². The molecule has 0 aliphatic carbocycles. The van der Waals surface area contributed by atoms with E-state index in [2.05, 4.69) is 30.8 Å². The average Bonchev–Trinajstić information content (AvgIpc) is 2.90. The van der Waals surface area contributed by atoms with Gasteiger partial charge in [0.2, 0.25) is 5.91 Å². The first-order chi connectivity index (χ1) is 14.1. The van der Waals surface area contributed by atoms with Crippen molar-refractivity contribution >= 4 is 29.1 Å². The minimum Gasteiger partial charge on any atom is -0.338 e. The van der Waals surface area contributed by atoms with Gasteiger partial charge in [0.15, 0.2) is 0 Å². The van der Waals surface area contributed by atoms with Crippen LogP contribution >= 0.6 is 23.2 Å². The lowest BCUT2D eigenvalue weighted by Crippen LogP contribution is -2.34. The summed E-state index contributed by atoms with van der Waals surface area (Å²) in [4.78, 5) is 17.3. The van der Waals surface area contributed by atoms with E-state index < -0.39 is 0 Å². The van der Waals surface area contributed by atoms with Gasteiger partial charge in [-0.2, -0.15) is 5.10 Å². The molecule has 0 fully saturated rings. The van der Waals surface area contributed by atoms with E-state index in [1.165, 1.54) is 0 Å². The van der Waals surface area contributed by atoms with Crippen molar-refractivity contribution in [2.75, 3.05) is 27.2 Å². The fourth-order valence-corrected chi connectivity index (χ4v) is 3.83. The monoisotopic (exact) mass is 452 g/mol. The predicted molar refractivity (Wildman–Crippen MR) is 125 cm³/mol. The zero-order chi connectivity index (χ0) is 22.4. The highest BCUT2D eigenvalue weighted by Crippen LogP contribution is 2.24. The lowest BCUT2D eigenvalue weighted by atomic mass is 10.1. The molecule has 166 valence electrons. The van der Waals surface area contributed by atoms with E-state index in [1.807, 2.05) is 42.7 Å². The normalized spacial score (nSPS) is 11.5. The van der Waals surface area contributed by atoms with Gasteiger partial charge < -0.3 is 9.80 Å². The molecule has 0 atom stereocenters. The molecule has 5 nitrogen and oxygen atoms in total. The van der Waals surface area contributed by atoms with E-state index >= 15 is 0 Å². The molecule has 30 heavy (non-hydrogen) atoms. The summed E-state index contributed by atoms with van der Waals surface area (Å²) in [6.07, 6.45) is 1.27. The van der Waals surface area contributed by atoms with Crippen molar-refractivity contribution in [2.24, 2.45) is 5.92 Å². The van der Waals surface area contributed by atoms with Gasteiger partial charge in [0.05, 0.1) is 22.2 Å². The molecule has 2 rings (SSSR count). The Balaban J connectivity index is 2.19. The fraction of sp³-hybridized carbons (Fsp3) is 0.565. The first kappa shape index (κ1) is 24.7. The third kappa shape index (κ3) is 7.00. The first-order valence-electron chi connectivity index (χ1n) is 10.5. The maximum atomic E-state index is 13.3. The molecule has 1 aromatic heterocycles. The highest BCUT2D eigenvalue weighted by molar-refractivity contribution is 6.42. The maximum absolute atomic E-state index is 13.3. The number of carbonyl (C=O) groups is 1. The van der Waals surface area contributed by atoms with Gasteiger partial charge in [-0.25, -0.2) is 0 Å². The van der Waals surface area contributed by atoms with Crippen LogP contribution in [0, 0.1) is 19.8 Å². The molecule has 1 amide bonds. The standard InChI is InChI=1S/C23H34Cl2N4O/c1-16(2)14-29-18(4)20(17(3)26-29)13-23(30)28(11-7-10-27(5)6)15-19-8-9-21(24)22(25)12-19/h8-9,12,16H,7,10-11,13-15H2,1-6H3. The van der Waals surface area contributed by atoms with Crippen LogP contribution in [0.3, 0.4) is 0 Å². The van der Waals surface area contributed by atoms with Gasteiger partial charge in [-0.1, -0.05) is 43.1 Å². The fourth-order valence-electron chi connectivity index (χ4n) is 3.50. The van der Waals surface area contributed by atoms with Crippen LogP contribution in [-0.2, 0) is 24.3 Å². The Kier molecular flexibility index (Phi) is 9.20. The van der Waals surface area contributed by atoms with Crippen molar-refractivity contribution in [3.05, 3.63) is 50.8 Å². The second-order valence-electron chi connectivity index (χ2n) is 8.62. The van der Waals surface area contributed by atoms with Gasteiger partial charge in [0, 0.05) is 30.9 Å². The smallest absolute Gasteiger partial charge is 0.227 e. The molecule has 0 saturated carbocycles. The molecule has 2 aromatic rings. The minimum absolute atomic E-state index is 0.107. The average molecular weight is 453 g/mol. The van der Waals surface area contributed by atoms with Gasteiger partial charge in [-0.15, -0.1) is 0 Å². The largest absolute Gasteiger partial charge is 0.338 e. The van der Waals surface area contributed by atoms with Gasteiger partial charge in [-0.3, -0.25) is 9.48 Å². The zero-order valence-corrected chi connectivity index (χ0v) is 20.5. The molecule has 0 saturated heterocycles. The molecule has 1 aromatic carbocycles. The number of halogens is 2. The van der Waals surface area contributed by atoms with Crippen molar-refractivity contribution in [1.82, 2.24) is 19.6 Å². The number of aryl methyl sites for hydroxylation is 1. The highest BCUT2D eigenvalue weighted by atomic mass is 35.5. The summed E-state index contributed by atoms with van der Waals surface area (Å²) in [5.41, 5.74) is 4.03. The Morgan fingerprint density at radius 1 is 1.13 bits per heavy atom. The van der Waals surface area contributed by atoms with E-state index in [4.69, 9.17) is 23.2 Å². The van der Waals surface area contributed by atoms with Gasteiger partial charge >= 0.3 is 0 Å². The van der Waals surface area contributed by atoms with Crippen LogP contribution in [0.2, 0.25) is 10.0 Å². The van der Waals surface area contributed by atoms with Crippen LogP contribution in [0.1, 0.15) is 42.8 Å². The van der Waals surface area contributed by atoms with Crippen molar-refractivity contribution in [2.45, 2.75) is 53.6 Å². The Morgan fingerprint density at radius 2 is 1.83 bits per heavy atom. The summed E-state index contributed by atoms with van der Waals surface area (Å²) in [5, 5.41) is 5.69. The Hall–Kier alpha value is -1.56. The molecule has 0 radical (unpaired) electrons. The summed E-state index contributed by atoms with van der Waals surface area (Å²) in [5.74, 6) is 0.610. The molecule has 0 unspecified atom stereocenters. The third-order valence-corrected chi connectivity index (χ3v) is 5.88. The zero-order valence-electron chi connectivity index (χ0n) is 19.0. The number of amides is 1. The van der Waals surface area contributed by atoms with Crippen LogP contribution < -0.4 is 0 Å². The summed E-state index contributed by atoms with van der Waals surface area (Å²) >= 11 is 12.2. The second-order valence-corrected chi connectivity index (χ2v) is 9.44. The van der Waals surface area contributed by atoms with E-state index in [1.54, 1.807) is 6.07 Å². The molecule has 1 heterocycles. The summed E-state index contributed by atoms with van der Waals surface area (Å²) in [6, 6.07) is 5.55. The van der Waals surface area contributed by atoms with Crippen LogP contribution in [0.25, 0.3) is 0 Å². The van der Waals surface area contributed by atoms with Crippen molar-refractivity contribution < 1.29 is 4.79 Å². The van der Waals surface area contributed by atoms with E-state index in [0.717, 1.165) is 42.0 Å². The van der Waals surface area contributed by atoms with Crippen molar-refractivity contribution in [1.29, 1.82) is 0 Å². The van der Waals surface area contributed by atoms with Gasteiger partial charge in [-0.05, 0) is 64.5 Å². The first-order valence-corrected chi connectivity index (χ1v) is 11.2. The van der Waals surface area contributed by atoms with Crippen LogP contribution in [-0.4, -0.2) is 52.7 Å². The summed E-state index contributed by atoms with van der Waals surface area (Å²) < 4.78 is 2.03. The number of hydrogen-bond acceptors (Lipinski definition) is 3. The number of benzene rings is 1. The van der Waals surface area contributed by atoms with Gasteiger partial charge in [0.25, 0.3) is 0 Å². The van der Waals surface area contributed by atoms with Crippen LogP contribution in [0.15, 0.2) is 18.2 Å². The molecule has 0 spiro atoms. The Morgan fingerprint density at radius 3 is 2.43 bits per heavy atom. The second kappa shape index (κ2) is 11.2. The predicted octanol–water partition coefficient (Wildman–Crippen LogP) is 4.99. The molecular weight excluding hydrogens is 419 g/mol. The number of aromatic nitrogens is 2. The molecule has 0 N–H and O–H groups in total. The van der Waals surface area contributed by atoms with E-state index in [-0.39, 0.29) is 5.91 Å². The Bertz CT molecular complexity index is 861. The number of nitrogens with zero attached hydrogens (tertiary/aromatic N) is 4.